The fraction of sp³-hybridized carbons (Fsp3) is 0.500. The van der Waals surface area contributed by atoms with Crippen LogP contribution in [-0.2, 0) is 14.8 Å². The predicted molar refractivity (Wildman–Crippen MR) is 131 cm³/mol. The molecule has 0 radical (unpaired) electrons. The van der Waals surface area contributed by atoms with Crippen molar-refractivity contribution in [3.8, 4) is 5.75 Å². The molecule has 1 amide bonds. The predicted octanol–water partition coefficient (Wildman–Crippen LogP) is 3.37. The van der Waals surface area contributed by atoms with Crippen molar-refractivity contribution in [3.05, 3.63) is 54.6 Å². The highest BCUT2D eigenvalue weighted by atomic mass is 32.2. The molecule has 2 aromatic carbocycles. The van der Waals surface area contributed by atoms with Gasteiger partial charge in [0.25, 0.3) is 0 Å². The second-order valence-electron chi connectivity index (χ2n) is 9.50. The van der Waals surface area contributed by atoms with E-state index in [2.05, 4.69) is 4.90 Å². The zero-order valence-electron chi connectivity index (χ0n) is 19.7. The largest absolute Gasteiger partial charge is 0.495 e. The van der Waals surface area contributed by atoms with Gasteiger partial charge in [0.1, 0.15) is 11.8 Å². The van der Waals surface area contributed by atoms with Crippen LogP contribution >= 0.6 is 0 Å². The highest BCUT2D eigenvalue weighted by molar-refractivity contribution is 7.89. The number of para-hydroxylation sites is 2. The second kappa shape index (κ2) is 9.58. The molecule has 2 aliphatic heterocycles. The van der Waals surface area contributed by atoms with Gasteiger partial charge in [0.15, 0.2) is 0 Å². The van der Waals surface area contributed by atoms with Crippen molar-refractivity contribution in [3.63, 3.8) is 0 Å². The Bertz CT molecular complexity index is 1120. The Morgan fingerprint density at radius 1 is 0.912 bits per heavy atom. The summed E-state index contributed by atoms with van der Waals surface area (Å²) in [7, 11) is -2.08. The maximum Gasteiger partial charge on any atom is 0.244 e. The molecule has 2 saturated heterocycles. The molecule has 2 aromatic rings. The molecule has 0 spiro atoms. The van der Waals surface area contributed by atoms with E-state index in [1.54, 1.807) is 35.7 Å². The fourth-order valence-corrected chi connectivity index (χ4v) is 7.85. The van der Waals surface area contributed by atoms with E-state index in [0.717, 1.165) is 37.1 Å². The lowest BCUT2D eigenvalue weighted by Gasteiger charge is -2.39. The standard InChI is InChI=1S/C26H33N3O4S/c1-33-25-14-8-7-13-23(25)27-15-17-28(18-16-27)26(30)24-19-20-9-5-6-12-22(20)29(24)34(31,32)21-10-3-2-4-11-21/h2-4,7-8,10-11,13-14,20,22,24H,5-6,9,12,15-19H2,1H3/t20-,22+,24+/m1/s1. The van der Waals surface area contributed by atoms with Crippen LogP contribution in [-0.4, -0.2) is 68.9 Å². The highest BCUT2D eigenvalue weighted by Crippen LogP contribution is 2.43. The normalized spacial score (nSPS) is 25.7. The third-order valence-electron chi connectivity index (χ3n) is 7.65. The van der Waals surface area contributed by atoms with Crippen molar-refractivity contribution in [2.45, 2.75) is 49.1 Å². The first-order chi connectivity index (χ1) is 16.5. The van der Waals surface area contributed by atoms with Gasteiger partial charge in [-0.2, -0.15) is 4.31 Å². The molecule has 0 N–H and O–H groups in total. The summed E-state index contributed by atoms with van der Waals surface area (Å²) in [6.07, 6.45) is 4.58. The van der Waals surface area contributed by atoms with E-state index in [0.29, 0.717) is 32.6 Å². The summed E-state index contributed by atoms with van der Waals surface area (Å²) in [5.74, 6) is 1.03. The monoisotopic (exact) mass is 483 g/mol. The number of amides is 1. The Labute approximate surface area is 202 Å². The van der Waals surface area contributed by atoms with Crippen molar-refractivity contribution in [1.82, 2.24) is 9.21 Å². The van der Waals surface area contributed by atoms with E-state index in [-0.39, 0.29) is 22.8 Å². The van der Waals surface area contributed by atoms with E-state index >= 15 is 0 Å². The highest BCUT2D eigenvalue weighted by Gasteiger charge is 2.51. The van der Waals surface area contributed by atoms with Crippen molar-refractivity contribution < 1.29 is 17.9 Å². The lowest BCUT2D eigenvalue weighted by Crippen LogP contribution is -2.55. The van der Waals surface area contributed by atoms with Crippen molar-refractivity contribution in [1.29, 1.82) is 0 Å². The molecule has 1 aliphatic carbocycles. The third kappa shape index (κ3) is 4.18. The number of ether oxygens (including phenoxy) is 1. The Balaban J connectivity index is 1.36. The number of hydrogen-bond acceptors (Lipinski definition) is 5. The van der Waals surface area contributed by atoms with Gasteiger partial charge >= 0.3 is 0 Å². The molecular weight excluding hydrogens is 450 g/mol. The third-order valence-corrected chi connectivity index (χ3v) is 9.60. The molecule has 7 nitrogen and oxygen atoms in total. The van der Waals surface area contributed by atoms with Crippen LogP contribution < -0.4 is 9.64 Å². The van der Waals surface area contributed by atoms with E-state index in [4.69, 9.17) is 4.74 Å². The molecule has 0 unspecified atom stereocenters. The minimum absolute atomic E-state index is 0.0476. The molecule has 1 saturated carbocycles. The summed E-state index contributed by atoms with van der Waals surface area (Å²) in [6, 6.07) is 15.8. The smallest absolute Gasteiger partial charge is 0.244 e. The molecule has 3 atom stereocenters. The number of methoxy groups -OCH3 is 1. The molecule has 0 aromatic heterocycles. The van der Waals surface area contributed by atoms with Crippen LogP contribution in [0.4, 0.5) is 5.69 Å². The van der Waals surface area contributed by atoms with Gasteiger partial charge in [-0.25, -0.2) is 8.42 Å². The van der Waals surface area contributed by atoms with Gasteiger partial charge in [-0.15, -0.1) is 0 Å². The molecular formula is C26H33N3O4S. The molecule has 182 valence electrons. The summed E-state index contributed by atoms with van der Waals surface area (Å²) in [5.41, 5.74) is 1.03. The Kier molecular flexibility index (Phi) is 6.53. The maximum atomic E-state index is 13.8. The summed E-state index contributed by atoms with van der Waals surface area (Å²) in [6.45, 7) is 2.53. The maximum absolute atomic E-state index is 13.8. The van der Waals surface area contributed by atoms with Crippen LogP contribution in [0.25, 0.3) is 0 Å². The zero-order valence-corrected chi connectivity index (χ0v) is 20.5. The number of nitrogens with zero attached hydrogens (tertiary/aromatic N) is 3. The van der Waals surface area contributed by atoms with E-state index in [9.17, 15) is 13.2 Å². The van der Waals surface area contributed by atoms with Crippen molar-refractivity contribution in [2.75, 3.05) is 38.2 Å². The minimum atomic E-state index is -3.75. The number of fused-ring (bicyclic) bond motifs is 1. The van der Waals surface area contributed by atoms with Crippen LogP contribution in [0.1, 0.15) is 32.1 Å². The van der Waals surface area contributed by atoms with Crippen LogP contribution in [0.5, 0.6) is 5.75 Å². The first-order valence-electron chi connectivity index (χ1n) is 12.3. The van der Waals surface area contributed by atoms with E-state index < -0.39 is 16.1 Å². The molecule has 0 bridgehead atoms. The number of rotatable bonds is 5. The van der Waals surface area contributed by atoms with Gasteiger partial charge in [-0.05, 0) is 49.4 Å². The molecule has 34 heavy (non-hydrogen) atoms. The van der Waals surface area contributed by atoms with Crippen molar-refractivity contribution >= 4 is 21.6 Å². The van der Waals surface area contributed by atoms with Crippen LogP contribution in [0, 0.1) is 5.92 Å². The van der Waals surface area contributed by atoms with Gasteiger partial charge in [0, 0.05) is 32.2 Å². The van der Waals surface area contributed by atoms with E-state index in [1.165, 1.54) is 0 Å². The average Bonchev–Trinajstić information content (AvgIpc) is 3.29. The minimum Gasteiger partial charge on any atom is -0.495 e. The number of piperazine rings is 1. The second-order valence-corrected chi connectivity index (χ2v) is 11.3. The summed E-state index contributed by atoms with van der Waals surface area (Å²) in [5, 5.41) is 0. The number of carbonyl (C=O) groups excluding carboxylic acids is 1. The number of benzene rings is 2. The molecule has 2 heterocycles. The van der Waals surface area contributed by atoms with Crippen molar-refractivity contribution in [2.24, 2.45) is 5.92 Å². The molecule has 3 aliphatic rings. The van der Waals surface area contributed by atoms with Crippen LogP contribution in [0.15, 0.2) is 59.5 Å². The number of hydrogen-bond donors (Lipinski definition) is 0. The molecule has 3 fully saturated rings. The van der Waals surface area contributed by atoms with Crippen LogP contribution in [0.3, 0.4) is 0 Å². The summed E-state index contributed by atoms with van der Waals surface area (Å²) < 4.78 is 34.5. The van der Waals surface area contributed by atoms with Gasteiger partial charge in [-0.3, -0.25) is 4.79 Å². The lowest BCUT2D eigenvalue weighted by atomic mass is 9.85. The Morgan fingerprint density at radius 2 is 1.59 bits per heavy atom. The van der Waals surface area contributed by atoms with Gasteiger partial charge in [-0.1, -0.05) is 43.2 Å². The fourth-order valence-electron chi connectivity index (χ4n) is 5.96. The number of anilines is 1. The Morgan fingerprint density at radius 3 is 2.32 bits per heavy atom. The zero-order chi connectivity index (χ0) is 23.7. The molecule has 8 heteroatoms. The number of carbonyl (C=O) groups is 1. The van der Waals surface area contributed by atoms with Gasteiger partial charge in [0.2, 0.25) is 15.9 Å². The summed E-state index contributed by atoms with van der Waals surface area (Å²) in [4.78, 5) is 18.1. The molecule has 5 rings (SSSR count). The van der Waals surface area contributed by atoms with Gasteiger partial charge in [0.05, 0.1) is 17.7 Å². The quantitative estimate of drug-likeness (QED) is 0.652. The van der Waals surface area contributed by atoms with Gasteiger partial charge < -0.3 is 14.5 Å². The van der Waals surface area contributed by atoms with E-state index in [1.807, 2.05) is 35.2 Å². The average molecular weight is 484 g/mol. The SMILES string of the molecule is COc1ccccc1N1CCN(C(=O)[C@@H]2C[C@H]3CCCC[C@@H]3N2S(=O)(=O)c2ccccc2)CC1. The lowest BCUT2D eigenvalue weighted by molar-refractivity contribution is -0.135. The van der Waals surface area contributed by atoms with Crippen LogP contribution in [0.2, 0.25) is 0 Å². The topological polar surface area (TPSA) is 70.2 Å². The first kappa shape index (κ1) is 23.2. The first-order valence-corrected chi connectivity index (χ1v) is 13.7. The Hall–Kier alpha value is -2.58. The number of sulfonamides is 1. The summed E-state index contributed by atoms with van der Waals surface area (Å²) >= 11 is 0.